The predicted molar refractivity (Wildman–Crippen MR) is 133 cm³/mol. The number of carbonyl (C=O) groups is 1. The molecule has 0 atom stereocenters. The summed E-state index contributed by atoms with van der Waals surface area (Å²) in [5, 5.41) is 19.2. The Bertz CT molecular complexity index is 1390. The van der Waals surface area contributed by atoms with Crippen molar-refractivity contribution in [3.8, 4) is 17.6 Å². The van der Waals surface area contributed by atoms with Crippen LogP contribution < -0.4 is 14.8 Å². The molecule has 0 aliphatic rings. The Balaban J connectivity index is 1.78. The molecule has 35 heavy (non-hydrogen) atoms. The zero-order valence-electron chi connectivity index (χ0n) is 19.4. The molecule has 11 heteroatoms. The number of carbonyl (C=O) groups excluding carboxylic acids is 1. The van der Waals surface area contributed by atoms with E-state index >= 15 is 0 Å². The van der Waals surface area contributed by atoms with Gasteiger partial charge in [0.1, 0.15) is 18.2 Å². The monoisotopic (exact) mass is 512 g/mol. The van der Waals surface area contributed by atoms with E-state index in [1.54, 1.807) is 18.2 Å². The molecule has 3 rings (SSSR count). The Morgan fingerprint density at radius 3 is 2.60 bits per heavy atom. The molecular formula is C24H24N4O5S2. The van der Waals surface area contributed by atoms with Crippen molar-refractivity contribution in [1.82, 2.24) is 10.2 Å². The molecular weight excluding hydrogens is 488 g/mol. The number of nitrogens with zero attached hydrogens (tertiary/aromatic N) is 3. The third kappa shape index (κ3) is 6.65. The highest BCUT2D eigenvalue weighted by Gasteiger charge is 2.20. The summed E-state index contributed by atoms with van der Waals surface area (Å²) in [7, 11) is -3.54. The van der Waals surface area contributed by atoms with Crippen LogP contribution in [0.4, 0.5) is 5.13 Å². The number of aromatic nitrogens is 2. The number of benzene rings is 2. The van der Waals surface area contributed by atoms with Gasteiger partial charge >= 0.3 is 0 Å². The van der Waals surface area contributed by atoms with Crippen LogP contribution in [0.1, 0.15) is 30.5 Å². The van der Waals surface area contributed by atoms with E-state index in [4.69, 9.17) is 9.47 Å². The molecule has 0 unspecified atom stereocenters. The minimum Gasteiger partial charge on any atom is -0.490 e. The molecule has 0 saturated carbocycles. The van der Waals surface area contributed by atoms with Crippen LogP contribution in [-0.4, -0.2) is 36.9 Å². The van der Waals surface area contributed by atoms with Crippen molar-refractivity contribution in [2.75, 3.05) is 17.7 Å². The number of rotatable bonds is 10. The van der Waals surface area contributed by atoms with Gasteiger partial charge in [-0.2, -0.15) is 5.26 Å². The Hall–Kier alpha value is -3.75. The van der Waals surface area contributed by atoms with Crippen molar-refractivity contribution >= 4 is 38.3 Å². The van der Waals surface area contributed by atoms with E-state index in [0.29, 0.717) is 30.3 Å². The molecule has 1 aromatic heterocycles. The van der Waals surface area contributed by atoms with Crippen molar-refractivity contribution in [2.45, 2.75) is 31.7 Å². The Morgan fingerprint density at radius 1 is 1.14 bits per heavy atom. The van der Waals surface area contributed by atoms with Gasteiger partial charge in [-0.3, -0.25) is 10.1 Å². The topological polar surface area (TPSA) is 131 Å². The second-order valence-electron chi connectivity index (χ2n) is 7.25. The highest BCUT2D eigenvalue weighted by Crippen LogP contribution is 2.30. The normalized spacial score (nSPS) is 11.5. The third-order valence-electron chi connectivity index (χ3n) is 4.86. The molecule has 0 spiro atoms. The molecule has 0 bridgehead atoms. The molecule has 2 aromatic carbocycles. The van der Waals surface area contributed by atoms with Crippen LogP contribution in [-0.2, 0) is 21.2 Å². The molecule has 0 fully saturated rings. The standard InChI is InChI=1S/C24H24N4O5S2/c1-4-32-21-13-17(10-11-20(21)33-15-18-9-7-6-8-16(18)3)12-19(14-25)22(29)26-23-27-28-24(34-23)35(30,31)5-2/h6-13H,4-5,15H2,1-3H3,(H,26,27,29). The maximum Gasteiger partial charge on any atom is 0.268 e. The van der Waals surface area contributed by atoms with Crippen LogP contribution in [0.15, 0.2) is 52.4 Å². The van der Waals surface area contributed by atoms with Crippen molar-refractivity contribution in [3.05, 3.63) is 64.7 Å². The summed E-state index contributed by atoms with van der Waals surface area (Å²) >= 11 is 0.727. The fourth-order valence-corrected chi connectivity index (χ4v) is 4.90. The first-order chi connectivity index (χ1) is 16.8. The summed E-state index contributed by atoms with van der Waals surface area (Å²) in [4.78, 5) is 12.6. The lowest BCUT2D eigenvalue weighted by Crippen LogP contribution is -2.13. The average Bonchev–Trinajstić information content (AvgIpc) is 3.32. The highest BCUT2D eigenvalue weighted by molar-refractivity contribution is 7.93. The van der Waals surface area contributed by atoms with Gasteiger partial charge in [0.25, 0.3) is 5.91 Å². The van der Waals surface area contributed by atoms with Gasteiger partial charge in [0, 0.05) is 0 Å². The molecule has 0 aliphatic heterocycles. The Labute approximate surface area is 208 Å². The first-order valence-electron chi connectivity index (χ1n) is 10.7. The van der Waals surface area contributed by atoms with Crippen LogP contribution in [0.25, 0.3) is 6.08 Å². The number of sulfone groups is 1. The van der Waals surface area contributed by atoms with Crippen molar-refractivity contribution in [1.29, 1.82) is 5.26 Å². The minimum atomic E-state index is -3.54. The number of anilines is 1. The quantitative estimate of drug-likeness (QED) is 0.243. The third-order valence-corrected chi connectivity index (χ3v) is 7.88. The predicted octanol–water partition coefficient (Wildman–Crippen LogP) is 4.16. The van der Waals surface area contributed by atoms with Crippen LogP contribution >= 0.6 is 11.3 Å². The molecule has 3 aromatic rings. The van der Waals surface area contributed by atoms with Gasteiger partial charge in [-0.15, -0.1) is 10.2 Å². The average molecular weight is 513 g/mol. The zero-order valence-corrected chi connectivity index (χ0v) is 21.1. The van der Waals surface area contributed by atoms with Crippen LogP contribution in [0, 0.1) is 18.3 Å². The number of ether oxygens (including phenoxy) is 2. The summed E-state index contributed by atoms with van der Waals surface area (Å²) in [5.41, 5.74) is 2.52. The maximum absolute atomic E-state index is 12.6. The first kappa shape index (κ1) is 25.9. The minimum absolute atomic E-state index is 0.0156. The van der Waals surface area contributed by atoms with Gasteiger partial charge in [-0.25, -0.2) is 8.42 Å². The number of aryl methyl sites for hydroxylation is 1. The number of hydrogen-bond acceptors (Lipinski definition) is 9. The Morgan fingerprint density at radius 2 is 1.91 bits per heavy atom. The number of hydrogen-bond donors (Lipinski definition) is 1. The van der Waals surface area contributed by atoms with Crippen LogP contribution in [0.5, 0.6) is 11.5 Å². The summed E-state index contributed by atoms with van der Waals surface area (Å²) in [6.07, 6.45) is 1.40. The van der Waals surface area contributed by atoms with Gasteiger partial charge < -0.3 is 9.47 Å². The smallest absolute Gasteiger partial charge is 0.268 e. The number of nitrogens with one attached hydrogen (secondary N) is 1. The van der Waals surface area contributed by atoms with Gasteiger partial charge in [-0.05, 0) is 48.7 Å². The molecule has 0 saturated heterocycles. The van der Waals surface area contributed by atoms with Crippen molar-refractivity contribution in [3.63, 3.8) is 0 Å². The van der Waals surface area contributed by atoms with Crippen molar-refractivity contribution in [2.24, 2.45) is 0 Å². The van der Waals surface area contributed by atoms with E-state index in [1.807, 2.05) is 44.2 Å². The molecule has 0 radical (unpaired) electrons. The van der Waals surface area contributed by atoms with E-state index in [1.165, 1.54) is 13.0 Å². The largest absolute Gasteiger partial charge is 0.490 e. The molecule has 1 amide bonds. The fourth-order valence-electron chi connectivity index (χ4n) is 2.92. The summed E-state index contributed by atoms with van der Waals surface area (Å²) in [5.74, 6) is 0.146. The lowest BCUT2D eigenvalue weighted by Gasteiger charge is -2.14. The SMILES string of the molecule is CCOc1cc(C=C(C#N)C(=O)Nc2nnc(S(=O)(=O)CC)s2)ccc1OCc1ccccc1C. The van der Waals surface area contributed by atoms with E-state index in [-0.39, 0.29) is 20.8 Å². The summed E-state index contributed by atoms with van der Waals surface area (Å²) in [6.45, 7) is 6.11. The second-order valence-corrected chi connectivity index (χ2v) is 10.7. The molecule has 182 valence electrons. The molecule has 1 N–H and O–H groups in total. The highest BCUT2D eigenvalue weighted by atomic mass is 32.2. The van der Waals surface area contributed by atoms with Gasteiger partial charge in [0.2, 0.25) is 19.3 Å². The second kappa shape index (κ2) is 11.6. The van der Waals surface area contributed by atoms with Gasteiger partial charge in [0.15, 0.2) is 11.5 Å². The van der Waals surface area contributed by atoms with Crippen LogP contribution in [0.2, 0.25) is 0 Å². The lowest BCUT2D eigenvalue weighted by atomic mass is 10.1. The first-order valence-corrected chi connectivity index (χ1v) is 13.2. The maximum atomic E-state index is 12.6. The fraction of sp³-hybridized carbons (Fsp3) is 0.250. The number of nitriles is 1. The summed E-state index contributed by atoms with van der Waals surface area (Å²) in [6, 6.07) is 14.9. The Kier molecular flexibility index (Phi) is 8.57. The molecule has 1 heterocycles. The molecule has 9 nitrogen and oxygen atoms in total. The van der Waals surface area contributed by atoms with E-state index in [0.717, 1.165) is 22.5 Å². The van der Waals surface area contributed by atoms with Crippen molar-refractivity contribution < 1.29 is 22.7 Å². The van der Waals surface area contributed by atoms with E-state index < -0.39 is 15.7 Å². The lowest BCUT2D eigenvalue weighted by molar-refractivity contribution is -0.112. The van der Waals surface area contributed by atoms with Crippen LogP contribution in [0.3, 0.4) is 0 Å². The molecule has 0 aliphatic carbocycles. The number of amides is 1. The zero-order chi connectivity index (χ0) is 25.4. The summed E-state index contributed by atoms with van der Waals surface area (Å²) < 4.78 is 35.3. The van der Waals surface area contributed by atoms with Gasteiger partial charge in [0.05, 0.1) is 12.4 Å². The van der Waals surface area contributed by atoms with Gasteiger partial charge in [-0.1, -0.05) is 48.6 Å². The van der Waals surface area contributed by atoms with E-state index in [2.05, 4.69) is 15.5 Å². The van der Waals surface area contributed by atoms with E-state index in [9.17, 15) is 18.5 Å².